The van der Waals surface area contributed by atoms with Gasteiger partial charge in [-0.15, -0.1) is 0 Å². The van der Waals surface area contributed by atoms with E-state index in [1.165, 1.54) is 0 Å². The van der Waals surface area contributed by atoms with E-state index in [0.717, 1.165) is 16.5 Å². The molecule has 0 aliphatic rings. The normalized spacial score (nSPS) is 12.7. The molecule has 2 nitrogen and oxygen atoms in total. The molecule has 2 rings (SSSR count). The number of ketones is 1. The molecule has 0 saturated heterocycles. The third-order valence-corrected chi connectivity index (χ3v) is 2.74. The van der Waals surface area contributed by atoms with Crippen LogP contribution >= 0.6 is 0 Å². The van der Waals surface area contributed by atoms with E-state index in [0.29, 0.717) is 0 Å². The number of benzene rings is 1. The van der Waals surface area contributed by atoms with Crippen LogP contribution < -0.4 is 0 Å². The molecule has 0 amide bonds. The van der Waals surface area contributed by atoms with Gasteiger partial charge in [0.2, 0.25) is 0 Å². The van der Waals surface area contributed by atoms with Crippen LogP contribution in [-0.2, 0) is 4.79 Å². The van der Waals surface area contributed by atoms with Crippen molar-refractivity contribution in [1.29, 1.82) is 0 Å². The highest BCUT2D eigenvalue weighted by Gasteiger charge is 2.13. The van der Waals surface area contributed by atoms with Crippen LogP contribution in [-0.4, -0.2) is 10.8 Å². The van der Waals surface area contributed by atoms with Crippen molar-refractivity contribution >= 4 is 16.7 Å². The zero-order valence-corrected chi connectivity index (χ0v) is 8.90. The van der Waals surface area contributed by atoms with Crippen molar-refractivity contribution in [3.63, 3.8) is 0 Å². The maximum absolute atomic E-state index is 11.4. The van der Waals surface area contributed by atoms with Crippen LogP contribution in [0, 0.1) is 0 Å². The molecule has 0 radical (unpaired) electrons. The Kier molecular flexibility index (Phi) is 2.50. The minimum Gasteiger partial charge on any atom is -0.299 e. The molecule has 1 heterocycles. The monoisotopic (exact) mass is 199 g/mol. The molecule has 2 heteroatoms. The average Bonchev–Trinajstić information content (AvgIpc) is 2.27. The molecule has 0 saturated carbocycles. The molecule has 0 aliphatic carbocycles. The summed E-state index contributed by atoms with van der Waals surface area (Å²) in [7, 11) is 0. The third-order valence-electron chi connectivity index (χ3n) is 2.74. The molecule has 0 spiro atoms. The van der Waals surface area contributed by atoms with Gasteiger partial charge in [-0.05, 0) is 18.6 Å². The Bertz CT molecular complexity index is 499. The van der Waals surface area contributed by atoms with Gasteiger partial charge in [-0.2, -0.15) is 0 Å². The first-order valence-electron chi connectivity index (χ1n) is 5.04. The molecule has 0 aliphatic heterocycles. The van der Waals surface area contributed by atoms with Crippen LogP contribution in [0.3, 0.4) is 0 Å². The van der Waals surface area contributed by atoms with Gasteiger partial charge in [-0.25, -0.2) is 0 Å². The van der Waals surface area contributed by atoms with Crippen LogP contribution in [0.4, 0.5) is 0 Å². The Labute approximate surface area is 89.0 Å². The molecular weight excluding hydrogens is 186 g/mol. The van der Waals surface area contributed by atoms with E-state index in [4.69, 9.17) is 0 Å². The largest absolute Gasteiger partial charge is 0.299 e. The number of nitrogens with zero attached hydrogens (tertiary/aromatic N) is 1. The second-order valence-corrected chi connectivity index (χ2v) is 3.75. The zero-order chi connectivity index (χ0) is 10.8. The Hall–Kier alpha value is -1.70. The molecule has 0 bridgehead atoms. The number of carbonyl (C=O) groups is 1. The minimum absolute atomic E-state index is 0.0800. The zero-order valence-electron chi connectivity index (χ0n) is 8.90. The van der Waals surface area contributed by atoms with E-state index in [1.807, 2.05) is 37.3 Å². The Morgan fingerprint density at radius 3 is 2.73 bits per heavy atom. The number of Topliss-reactive ketones (excluding diaryl/α,β-unsaturated/α-hetero) is 1. The Morgan fingerprint density at radius 2 is 2.00 bits per heavy atom. The topological polar surface area (TPSA) is 30.0 Å². The predicted molar refractivity (Wildman–Crippen MR) is 60.8 cm³/mol. The fourth-order valence-electron chi connectivity index (χ4n) is 1.70. The van der Waals surface area contributed by atoms with E-state index in [1.54, 1.807) is 13.1 Å². The molecule has 1 unspecified atom stereocenters. The van der Waals surface area contributed by atoms with Crippen molar-refractivity contribution in [3.05, 3.63) is 42.1 Å². The summed E-state index contributed by atoms with van der Waals surface area (Å²) in [5.74, 6) is 0.0942. The highest BCUT2D eigenvalue weighted by molar-refractivity contribution is 5.90. The quantitative estimate of drug-likeness (QED) is 0.744. The van der Waals surface area contributed by atoms with Crippen LogP contribution in [0.25, 0.3) is 10.9 Å². The maximum Gasteiger partial charge on any atom is 0.137 e. The van der Waals surface area contributed by atoms with Crippen molar-refractivity contribution in [2.45, 2.75) is 19.8 Å². The minimum atomic E-state index is -0.0800. The SMILES string of the molecule is CC(=O)C(C)c1cccc2cccnc12. The maximum atomic E-state index is 11.4. The first-order valence-corrected chi connectivity index (χ1v) is 5.04. The van der Waals surface area contributed by atoms with Crippen LogP contribution in [0.15, 0.2) is 36.5 Å². The standard InChI is InChI=1S/C13H13NO/c1-9(10(2)15)12-7-3-5-11-6-4-8-14-13(11)12/h3-9H,1-2H3. The molecule has 2 aromatic rings. The molecule has 0 fully saturated rings. The van der Waals surface area contributed by atoms with Gasteiger partial charge in [0.25, 0.3) is 0 Å². The number of aromatic nitrogens is 1. The van der Waals surface area contributed by atoms with Gasteiger partial charge in [-0.1, -0.05) is 31.2 Å². The summed E-state index contributed by atoms with van der Waals surface area (Å²) in [5.41, 5.74) is 1.95. The van der Waals surface area contributed by atoms with E-state index >= 15 is 0 Å². The van der Waals surface area contributed by atoms with Gasteiger partial charge >= 0.3 is 0 Å². The summed E-state index contributed by atoms with van der Waals surface area (Å²) in [6, 6.07) is 9.88. The molecule has 1 aromatic heterocycles. The molecule has 1 atom stereocenters. The van der Waals surface area contributed by atoms with Crippen molar-refractivity contribution in [2.24, 2.45) is 0 Å². The van der Waals surface area contributed by atoms with Gasteiger partial charge in [0.05, 0.1) is 5.52 Å². The lowest BCUT2D eigenvalue weighted by Gasteiger charge is -2.10. The number of hydrogen-bond donors (Lipinski definition) is 0. The third kappa shape index (κ3) is 1.75. The van der Waals surface area contributed by atoms with E-state index in [-0.39, 0.29) is 11.7 Å². The Balaban J connectivity index is 2.65. The van der Waals surface area contributed by atoms with E-state index in [2.05, 4.69) is 4.98 Å². The Morgan fingerprint density at radius 1 is 1.27 bits per heavy atom. The molecule has 0 N–H and O–H groups in total. The van der Waals surface area contributed by atoms with E-state index < -0.39 is 0 Å². The van der Waals surface area contributed by atoms with Crippen molar-refractivity contribution < 1.29 is 4.79 Å². The lowest BCUT2D eigenvalue weighted by atomic mass is 9.95. The second-order valence-electron chi connectivity index (χ2n) is 3.75. The highest BCUT2D eigenvalue weighted by atomic mass is 16.1. The van der Waals surface area contributed by atoms with Crippen molar-refractivity contribution in [3.8, 4) is 0 Å². The summed E-state index contributed by atoms with van der Waals surface area (Å²) in [6.07, 6.45) is 1.76. The first-order chi connectivity index (χ1) is 7.20. The summed E-state index contributed by atoms with van der Waals surface area (Å²) in [6.45, 7) is 3.54. The van der Waals surface area contributed by atoms with Crippen LogP contribution in [0.5, 0.6) is 0 Å². The summed E-state index contributed by atoms with van der Waals surface area (Å²) >= 11 is 0. The van der Waals surface area contributed by atoms with Crippen LogP contribution in [0.1, 0.15) is 25.3 Å². The van der Waals surface area contributed by atoms with Crippen molar-refractivity contribution in [1.82, 2.24) is 4.98 Å². The van der Waals surface area contributed by atoms with Gasteiger partial charge in [0.15, 0.2) is 0 Å². The highest BCUT2D eigenvalue weighted by Crippen LogP contribution is 2.24. The van der Waals surface area contributed by atoms with Gasteiger partial charge in [0.1, 0.15) is 5.78 Å². The molecule has 76 valence electrons. The van der Waals surface area contributed by atoms with Crippen LogP contribution in [0.2, 0.25) is 0 Å². The molecule has 15 heavy (non-hydrogen) atoms. The fourth-order valence-corrected chi connectivity index (χ4v) is 1.70. The number of pyridine rings is 1. The average molecular weight is 199 g/mol. The number of para-hydroxylation sites is 1. The lowest BCUT2D eigenvalue weighted by Crippen LogP contribution is -2.05. The molecule has 1 aromatic carbocycles. The summed E-state index contributed by atoms with van der Waals surface area (Å²) < 4.78 is 0. The summed E-state index contributed by atoms with van der Waals surface area (Å²) in [5, 5.41) is 1.09. The van der Waals surface area contributed by atoms with Gasteiger partial charge < -0.3 is 0 Å². The lowest BCUT2D eigenvalue weighted by molar-refractivity contribution is -0.118. The van der Waals surface area contributed by atoms with Crippen molar-refractivity contribution in [2.75, 3.05) is 0 Å². The van der Waals surface area contributed by atoms with Gasteiger partial charge in [-0.3, -0.25) is 9.78 Å². The number of rotatable bonds is 2. The fraction of sp³-hybridized carbons (Fsp3) is 0.231. The summed E-state index contributed by atoms with van der Waals surface area (Å²) in [4.78, 5) is 15.7. The second kappa shape index (κ2) is 3.81. The number of carbonyl (C=O) groups excluding carboxylic acids is 1. The van der Waals surface area contributed by atoms with E-state index in [9.17, 15) is 4.79 Å². The predicted octanol–water partition coefficient (Wildman–Crippen LogP) is 2.93. The number of hydrogen-bond acceptors (Lipinski definition) is 2. The van der Waals surface area contributed by atoms with Gasteiger partial charge in [0, 0.05) is 17.5 Å². The first kappa shape index (κ1) is 9.84. The number of fused-ring (bicyclic) bond motifs is 1. The smallest absolute Gasteiger partial charge is 0.137 e. The molecular formula is C13H13NO.